The van der Waals surface area contributed by atoms with Gasteiger partial charge in [0.05, 0.1) is 5.69 Å². The predicted octanol–water partition coefficient (Wildman–Crippen LogP) is 0.803. The van der Waals surface area contributed by atoms with Gasteiger partial charge < -0.3 is 11.2 Å². The molecule has 1 amide bonds. The molecule has 0 aliphatic carbocycles. The highest BCUT2D eigenvalue weighted by Gasteiger charge is 2.06. The van der Waals surface area contributed by atoms with Gasteiger partial charge in [0, 0.05) is 18.7 Å². The van der Waals surface area contributed by atoms with Crippen LogP contribution in [0.3, 0.4) is 0 Å². The molecule has 0 fully saturated rings. The summed E-state index contributed by atoms with van der Waals surface area (Å²) in [4.78, 5) is 13.4. The fourth-order valence-corrected chi connectivity index (χ4v) is 2.13. The van der Waals surface area contributed by atoms with Gasteiger partial charge >= 0.3 is 0 Å². The smallest absolute Gasteiger partial charge is 0.269 e. The van der Waals surface area contributed by atoms with E-state index >= 15 is 0 Å². The Kier molecular flexibility index (Phi) is 7.95. The second-order valence-electron chi connectivity index (χ2n) is 4.25. The molecule has 0 unspecified atom stereocenters. The van der Waals surface area contributed by atoms with Crippen LogP contribution in [0.2, 0.25) is 0 Å². The van der Waals surface area contributed by atoms with E-state index in [9.17, 15) is 13.2 Å². The number of benzene rings is 1. The highest BCUT2D eigenvalue weighted by molar-refractivity contribution is 7.85. The van der Waals surface area contributed by atoms with Gasteiger partial charge in [0.2, 0.25) is 5.91 Å². The van der Waals surface area contributed by atoms with Crippen molar-refractivity contribution in [1.82, 2.24) is 4.98 Å². The van der Waals surface area contributed by atoms with Crippen LogP contribution in [-0.2, 0) is 20.7 Å². The van der Waals surface area contributed by atoms with Crippen molar-refractivity contribution in [3.05, 3.63) is 54.2 Å². The van der Waals surface area contributed by atoms with Crippen LogP contribution in [-0.4, -0.2) is 29.3 Å². The second kappa shape index (κ2) is 8.88. The molecule has 0 aliphatic rings. The lowest BCUT2D eigenvalue weighted by atomic mass is 10.1. The first-order valence-electron chi connectivity index (χ1n) is 5.99. The minimum absolute atomic E-state index is 0. The topological polar surface area (TPSA) is 142 Å². The summed E-state index contributed by atoms with van der Waals surface area (Å²) in [7, 11) is -3.97. The number of amides is 1. The minimum atomic E-state index is -3.97. The van der Waals surface area contributed by atoms with Gasteiger partial charge in [0.25, 0.3) is 10.1 Å². The molecule has 0 atom stereocenters. The molecular weight excluding hydrogens is 308 g/mol. The molecule has 0 bridgehead atoms. The van der Waals surface area contributed by atoms with Crippen molar-refractivity contribution in [3.63, 3.8) is 0 Å². The number of primary amides is 1. The molecule has 2 rings (SSSR count). The normalized spacial score (nSPS) is 9.91. The van der Waals surface area contributed by atoms with Crippen molar-refractivity contribution < 1.29 is 23.2 Å². The molecule has 0 saturated heterocycles. The lowest BCUT2D eigenvalue weighted by Crippen LogP contribution is -2.01. The molecule has 1 aromatic heterocycles. The molecule has 1 aromatic carbocycles. The van der Waals surface area contributed by atoms with E-state index < -0.39 is 10.1 Å². The number of hydrogen-bond acceptors (Lipinski definition) is 4. The third-order valence-electron chi connectivity index (χ3n) is 2.26. The predicted molar refractivity (Wildman–Crippen MR) is 83.4 cm³/mol. The Morgan fingerprint density at radius 1 is 1.18 bits per heavy atom. The third kappa shape index (κ3) is 8.10. The molecule has 120 valence electrons. The van der Waals surface area contributed by atoms with Crippen LogP contribution in [0.5, 0.6) is 0 Å². The highest BCUT2D eigenvalue weighted by Crippen LogP contribution is 2.17. The van der Waals surface area contributed by atoms with E-state index in [1.807, 2.05) is 18.2 Å². The second-order valence-corrected chi connectivity index (χ2v) is 5.70. The SMILES string of the molecule is CC(N)=O.O.O=S(=O)(O)Cc1ccc(-c2ccccn2)cc1. The molecule has 7 nitrogen and oxygen atoms in total. The first-order valence-corrected chi connectivity index (χ1v) is 7.60. The van der Waals surface area contributed by atoms with Gasteiger partial charge in [0.15, 0.2) is 0 Å². The Labute approximate surface area is 128 Å². The number of carbonyl (C=O) groups is 1. The Morgan fingerprint density at radius 3 is 2.14 bits per heavy atom. The van der Waals surface area contributed by atoms with E-state index in [4.69, 9.17) is 4.55 Å². The van der Waals surface area contributed by atoms with Crippen LogP contribution in [0.25, 0.3) is 11.3 Å². The fraction of sp³-hybridized carbons (Fsp3) is 0.143. The van der Waals surface area contributed by atoms with Crippen LogP contribution in [0.1, 0.15) is 12.5 Å². The minimum Gasteiger partial charge on any atom is -0.412 e. The first-order chi connectivity index (χ1) is 9.78. The standard InChI is InChI=1S/C12H11NO3S.C2H5NO.H2O/c14-17(15,16)9-10-4-6-11(7-5-10)12-3-1-2-8-13-12;1-2(3)4;/h1-8H,9H2,(H,14,15,16);1H3,(H2,3,4);1H2. The zero-order valence-corrected chi connectivity index (χ0v) is 12.7. The first kappa shape index (κ1) is 19.7. The summed E-state index contributed by atoms with van der Waals surface area (Å²) in [6, 6.07) is 12.5. The highest BCUT2D eigenvalue weighted by atomic mass is 32.2. The van der Waals surface area contributed by atoms with Crippen LogP contribution in [0.4, 0.5) is 0 Å². The summed E-state index contributed by atoms with van der Waals surface area (Å²) in [5.74, 6) is -0.699. The van der Waals surface area contributed by atoms with Crippen molar-refractivity contribution >= 4 is 16.0 Å². The van der Waals surface area contributed by atoms with Crippen LogP contribution in [0, 0.1) is 0 Å². The van der Waals surface area contributed by atoms with Crippen molar-refractivity contribution in [2.75, 3.05) is 0 Å². The van der Waals surface area contributed by atoms with E-state index in [-0.39, 0.29) is 17.1 Å². The summed E-state index contributed by atoms with van der Waals surface area (Å²) in [6.45, 7) is 1.31. The lowest BCUT2D eigenvalue weighted by Gasteiger charge is -2.02. The summed E-state index contributed by atoms with van der Waals surface area (Å²) in [5.41, 5.74) is 6.75. The number of nitrogens with two attached hydrogens (primary N) is 1. The van der Waals surface area contributed by atoms with E-state index in [2.05, 4.69) is 10.7 Å². The molecule has 0 saturated carbocycles. The number of hydrogen-bond donors (Lipinski definition) is 2. The molecule has 1 heterocycles. The Morgan fingerprint density at radius 2 is 1.73 bits per heavy atom. The van der Waals surface area contributed by atoms with Crippen molar-refractivity contribution in [3.8, 4) is 11.3 Å². The number of nitrogens with zero attached hydrogens (tertiary/aromatic N) is 1. The van der Waals surface area contributed by atoms with Gasteiger partial charge in [-0.25, -0.2) is 0 Å². The number of pyridine rings is 1. The third-order valence-corrected chi connectivity index (χ3v) is 2.96. The van der Waals surface area contributed by atoms with Crippen molar-refractivity contribution in [1.29, 1.82) is 0 Å². The maximum Gasteiger partial charge on any atom is 0.269 e. The quantitative estimate of drug-likeness (QED) is 0.802. The average Bonchev–Trinajstić information content (AvgIpc) is 2.38. The van der Waals surface area contributed by atoms with Crippen molar-refractivity contribution in [2.24, 2.45) is 5.73 Å². The maximum absolute atomic E-state index is 10.7. The Bertz CT molecular complexity index is 681. The van der Waals surface area contributed by atoms with Gasteiger partial charge in [-0.05, 0) is 17.7 Å². The summed E-state index contributed by atoms with van der Waals surface area (Å²) < 4.78 is 30.1. The Hall–Kier alpha value is -2.29. The lowest BCUT2D eigenvalue weighted by molar-refractivity contribution is -0.115. The molecule has 22 heavy (non-hydrogen) atoms. The average molecular weight is 326 g/mol. The molecular formula is C14H18N2O5S. The van der Waals surface area contributed by atoms with Gasteiger partial charge in [-0.3, -0.25) is 14.3 Å². The largest absolute Gasteiger partial charge is 0.412 e. The fourth-order valence-electron chi connectivity index (χ4n) is 1.52. The zero-order chi connectivity index (χ0) is 15.9. The van der Waals surface area contributed by atoms with Gasteiger partial charge in [-0.2, -0.15) is 8.42 Å². The van der Waals surface area contributed by atoms with Crippen LogP contribution < -0.4 is 5.73 Å². The van der Waals surface area contributed by atoms with Gasteiger partial charge in [-0.15, -0.1) is 0 Å². The maximum atomic E-state index is 10.7. The Balaban J connectivity index is 0.000000791. The number of carbonyl (C=O) groups excluding carboxylic acids is 1. The van der Waals surface area contributed by atoms with E-state index in [0.29, 0.717) is 5.56 Å². The molecule has 0 aliphatic heterocycles. The molecule has 2 aromatic rings. The summed E-state index contributed by atoms with van der Waals surface area (Å²) >= 11 is 0. The summed E-state index contributed by atoms with van der Waals surface area (Å²) in [6.07, 6.45) is 1.70. The summed E-state index contributed by atoms with van der Waals surface area (Å²) in [5, 5.41) is 0. The van der Waals surface area contributed by atoms with E-state index in [1.54, 1.807) is 30.5 Å². The van der Waals surface area contributed by atoms with E-state index in [0.717, 1.165) is 11.3 Å². The number of rotatable bonds is 3. The van der Waals surface area contributed by atoms with Crippen molar-refractivity contribution in [2.45, 2.75) is 12.7 Å². The zero-order valence-electron chi connectivity index (χ0n) is 11.9. The molecule has 8 heteroatoms. The van der Waals surface area contributed by atoms with Gasteiger partial charge in [0.1, 0.15) is 5.75 Å². The van der Waals surface area contributed by atoms with Crippen LogP contribution >= 0.6 is 0 Å². The molecule has 5 N–H and O–H groups in total. The number of aromatic nitrogens is 1. The molecule has 0 radical (unpaired) electrons. The van der Waals surface area contributed by atoms with Gasteiger partial charge in [-0.1, -0.05) is 30.3 Å². The van der Waals surface area contributed by atoms with Crippen LogP contribution in [0.15, 0.2) is 48.7 Å². The molecule has 0 spiro atoms. The van der Waals surface area contributed by atoms with E-state index in [1.165, 1.54) is 6.92 Å². The monoisotopic (exact) mass is 326 g/mol.